The molecule has 4 N–H and O–H groups in total. The molecule has 0 aromatic heterocycles. The van der Waals surface area contributed by atoms with Crippen LogP contribution in [0.15, 0.2) is 0 Å². The van der Waals surface area contributed by atoms with Gasteiger partial charge in [0.2, 0.25) is 0 Å². The standard InChI is InChI=1S/C57H116N4O8/c1-44(51(6,7)8)66-29-21-27-63-32-26-59-54(15,16)23-24-57(20,45(2)67-30-22-28-62-31-25-58-52(9,10)11)56(19,43-65-34-36-69-48-37-46(38-48)60-53(12,13)14)41-55(17,18)61-47-39-49(40-47)68-35-33-64-42-50(3,4)5/h44-49,58-61H,21-43H2,1-20H3/t44-,45+,46-,47-,48-,49+,56-,57?/m1/s1. The third-order valence-corrected chi connectivity index (χ3v) is 14.5. The van der Waals surface area contributed by atoms with Gasteiger partial charge in [0.25, 0.3) is 0 Å². The summed E-state index contributed by atoms with van der Waals surface area (Å²) < 4.78 is 50.3. The van der Waals surface area contributed by atoms with Gasteiger partial charge in [0.1, 0.15) is 0 Å². The van der Waals surface area contributed by atoms with Gasteiger partial charge in [-0.05, 0) is 152 Å². The van der Waals surface area contributed by atoms with Crippen LogP contribution in [0.3, 0.4) is 0 Å². The first-order valence-electron chi connectivity index (χ1n) is 27.6. The van der Waals surface area contributed by atoms with Crippen LogP contribution in [0.2, 0.25) is 0 Å². The van der Waals surface area contributed by atoms with E-state index in [1.165, 1.54) is 0 Å². The largest absolute Gasteiger partial charge is 0.380 e. The molecule has 12 heteroatoms. The number of hydrogen-bond donors (Lipinski definition) is 4. The average molecular weight is 986 g/mol. The monoisotopic (exact) mass is 985 g/mol. The fourth-order valence-corrected chi connectivity index (χ4v) is 9.57. The predicted molar refractivity (Wildman–Crippen MR) is 288 cm³/mol. The maximum atomic E-state index is 6.92. The van der Waals surface area contributed by atoms with E-state index >= 15 is 0 Å². The van der Waals surface area contributed by atoms with E-state index in [9.17, 15) is 0 Å². The van der Waals surface area contributed by atoms with Crippen molar-refractivity contribution < 1.29 is 37.9 Å². The third-order valence-electron chi connectivity index (χ3n) is 14.5. The number of ether oxygens (including phenoxy) is 8. The summed E-state index contributed by atoms with van der Waals surface area (Å²) in [5.41, 5.74) is -0.286. The van der Waals surface area contributed by atoms with Crippen molar-refractivity contribution in [3.05, 3.63) is 0 Å². The lowest BCUT2D eigenvalue weighted by Crippen LogP contribution is -2.59. The Labute approximate surface area is 426 Å². The highest BCUT2D eigenvalue weighted by Crippen LogP contribution is 2.52. The van der Waals surface area contributed by atoms with Gasteiger partial charge < -0.3 is 59.2 Å². The van der Waals surface area contributed by atoms with Crippen molar-refractivity contribution in [3.63, 3.8) is 0 Å². The summed E-state index contributed by atoms with van der Waals surface area (Å²) >= 11 is 0. The molecule has 2 saturated carbocycles. The van der Waals surface area contributed by atoms with E-state index < -0.39 is 0 Å². The molecule has 2 fully saturated rings. The minimum absolute atomic E-state index is 0.0349. The van der Waals surface area contributed by atoms with Gasteiger partial charge in [-0.25, -0.2) is 0 Å². The number of nitrogens with one attached hydrogen (secondary N) is 4. The quantitative estimate of drug-likeness (QED) is 0.0441. The molecule has 2 aliphatic carbocycles. The molecular weight excluding hydrogens is 869 g/mol. The third kappa shape index (κ3) is 28.1. The molecule has 0 aliphatic heterocycles. The van der Waals surface area contributed by atoms with Crippen molar-refractivity contribution in [3.8, 4) is 0 Å². The van der Waals surface area contributed by atoms with Crippen molar-refractivity contribution in [1.29, 1.82) is 0 Å². The molecule has 12 nitrogen and oxygen atoms in total. The molecule has 0 radical (unpaired) electrons. The van der Waals surface area contributed by atoms with Crippen molar-refractivity contribution in [1.82, 2.24) is 21.3 Å². The van der Waals surface area contributed by atoms with Gasteiger partial charge >= 0.3 is 0 Å². The van der Waals surface area contributed by atoms with Crippen molar-refractivity contribution in [2.45, 2.75) is 255 Å². The second-order valence-corrected chi connectivity index (χ2v) is 27.4. The molecule has 1 unspecified atom stereocenters. The molecule has 0 saturated heterocycles. The summed E-state index contributed by atoms with van der Waals surface area (Å²) in [6.07, 6.45) is 9.49. The number of hydrogen-bond acceptors (Lipinski definition) is 12. The Morgan fingerprint density at radius 1 is 0.449 bits per heavy atom. The lowest BCUT2D eigenvalue weighted by Gasteiger charge is -2.54. The van der Waals surface area contributed by atoms with E-state index in [-0.39, 0.29) is 62.1 Å². The van der Waals surface area contributed by atoms with Crippen LogP contribution < -0.4 is 21.3 Å². The van der Waals surface area contributed by atoms with E-state index in [1.807, 2.05) is 0 Å². The minimum Gasteiger partial charge on any atom is -0.380 e. The van der Waals surface area contributed by atoms with Crippen LogP contribution >= 0.6 is 0 Å². The zero-order valence-corrected chi connectivity index (χ0v) is 49.0. The van der Waals surface area contributed by atoms with Crippen LogP contribution in [0.25, 0.3) is 0 Å². The zero-order chi connectivity index (χ0) is 52.2. The maximum absolute atomic E-state index is 6.92. The van der Waals surface area contributed by atoms with Gasteiger partial charge in [0, 0.05) is 84.6 Å². The second-order valence-electron chi connectivity index (χ2n) is 27.4. The molecule has 0 aromatic carbocycles. The van der Waals surface area contributed by atoms with E-state index in [0.717, 1.165) is 84.1 Å². The van der Waals surface area contributed by atoms with Crippen LogP contribution in [0.1, 0.15) is 196 Å². The fourth-order valence-electron chi connectivity index (χ4n) is 9.57. The smallest absolute Gasteiger partial charge is 0.0704 e. The lowest BCUT2D eigenvalue weighted by atomic mass is 9.56. The first-order valence-corrected chi connectivity index (χ1v) is 27.6. The molecule has 0 spiro atoms. The SMILES string of the molecule is C[C@H](OCCCOCCNC(C)(C)C)C(C)(CCC(C)(C)NCCOCCCO[C@H](C)C(C)(C)C)[C@@](C)(COCCO[C@H]1C[C@H](NC(C)(C)C)C1)CC(C)(C)N[C@H]1C[C@@H](OCCOCC(C)(C)C)C1. The van der Waals surface area contributed by atoms with Crippen LogP contribution in [0.5, 0.6) is 0 Å². The Bertz CT molecular complexity index is 1340. The van der Waals surface area contributed by atoms with Crippen molar-refractivity contribution in [2.24, 2.45) is 21.7 Å². The van der Waals surface area contributed by atoms with E-state index in [0.29, 0.717) is 84.3 Å². The first-order chi connectivity index (χ1) is 31.7. The Morgan fingerprint density at radius 2 is 0.928 bits per heavy atom. The molecule has 0 aromatic rings. The molecule has 2 rings (SSSR count). The summed E-state index contributed by atoms with van der Waals surface area (Å²) in [6, 6.07) is 0.929. The van der Waals surface area contributed by atoms with Crippen LogP contribution in [-0.4, -0.2) is 151 Å². The van der Waals surface area contributed by atoms with Gasteiger partial charge in [0.05, 0.1) is 77.3 Å². The van der Waals surface area contributed by atoms with Crippen molar-refractivity contribution in [2.75, 3.05) is 92.4 Å². The number of rotatable bonds is 38. The van der Waals surface area contributed by atoms with Gasteiger partial charge in [-0.15, -0.1) is 0 Å². The second kappa shape index (κ2) is 29.6. The van der Waals surface area contributed by atoms with E-state index in [4.69, 9.17) is 37.9 Å². The summed E-state index contributed by atoms with van der Waals surface area (Å²) in [7, 11) is 0. The Morgan fingerprint density at radius 3 is 1.41 bits per heavy atom. The lowest BCUT2D eigenvalue weighted by molar-refractivity contribution is -0.141. The Kier molecular flexibility index (Phi) is 27.7. The Hall–Kier alpha value is -0.480. The molecule has 0 heterocycles. The van der Waals surface area contributed by atoms with E-state index in [1.54, 1.807) is 0 Å². The summed E-state index contributed by atoms with van der Waals surface area (Å²) in [4.78, 5) is 0. The molecule has 2 aliphatic rings. The molecule has 412 valence electrons. The topological polar surface area (TPSA) is 122 Å². The van der Waals surface area contributed by atoms with Crippen LogP contribution in [-0.2, 0) is 37.9 Å². The molecule has 4 atom stereocenters. The van der Waals surface area contributed by atoms with Crippen molar-refractivity contribution >= 4 is 0 Å². The van der Waals surface area contributed by atoms with E-state index in [2.05, 4.69) is 160 Å². The van der Waals surface area contributed by atoms with Gasteiger partial charge in [-0.1, -0.05) is 55.4 Å². The fraction of sp³-hybridized carbons (Fsp3) is 1.00. The highest BCUT2D eigenvalue weighted by atomic mass is 16.5. The summed E-state index contributed by atoms with van der Waals surface area (Å²) in [5.74, 6) is 0. The van der Waals surface area contributed by atoms with Gasteiger partial charge in [0.15, 0.2) is 0 Å². The Balaban J connectivity index is 2.18. The highest BCUT2D eigenvalue weighted by Gasteiger charge is 2.52. The molecule has 0 amide bonds. The summed E-state index contributed by atoms with van der Waals surface area (Å²) in [6.45, 7) is 54.9. The molecular formula is C57H116N4O8. The molecule has 0 bridgehead atoms. The van der Waals surface area contributed by atoms with Crippen LogP contribution in [0.4, 0.5) is 0 Å². The molecule has 69 heavy (non-hydrogen) atoms. The average Bonchev–Trinajstić information content (AvgIpc) is 3.17. The van der Waals surface area contributed by atoms with Gasteiger partial charge in [-0.3, -0.25) is 0 Å². The van der Waals surface area contributed by atoms with Crippen LogP contribution in [0, 0.1) is 21.7 Å². The maximum Gasteiger partial charge on any atom is 0.0704 e. The van der Waals surface area contributed by atoms with Gasteiger partial charge in [-0.2, -0.15) is 0 Å². The first kappa shape index (κ1) is 64.6. The normalized spacial score (nSPS) is 22.4. The zero-order valence-electron chi connectivity index (χ0n) is 49.0. The predicted octanol–water partition coefficient (Wildman–Crippen LogP) is 10.5. The minimum atomic E-state index is -0.258. The highest BCUT2D eigenvalue weighted by molar-refractivity contribution is 5.04. The summed E-state index contributed by atoms with van der Waals surface area (Å²) in [5, 5.41) is 15.2.